The fourth-order valence-corrected chi connectivity index (χ4v) is 2.84. The number of benzene rings is 2. The first-order chi connectivity index (χ1) is 11.1. The maximum atomic E-state index is 12.5. The minimum absolute atomic E-state index is 0.119. The molecule has 23 heavy (non-hydrogen) atoms. The molecule has 0 saturated heterocycles. The Bertz CT molecular complexity index is 1040. The van der Waals surface area contributed by atoms with Gasteiger partial charge in [0.05, 0.1) is 17.4 Å². The molecule has 1 N–H and O–H groups in total. The lowest BCUT2D eigenvalue weighted by Crippen LogP contribution is -2.11. The molecule has 1 amide bonds. The van der Waals surface area contributed by atoms with Crippen molar-refractivity contribution < 1.29 is 4.79 Å². The highest BCUT2D eigenvalue weighted by molar-refractivity contribution is 6.06. The van der Waals surface area contributed by atoms with Crippen molar-refractivity contribution in [3.63, 3.8) is 0 Å². The number of anilines is 1. The summed E-state index contributed by atoms with van der Waals surface area (Å²) < 4.78 is 3.98. The summed E-state index contributed by atoms with van der Waals surface area (Å²) >= 11 is 0. The number of nitrogens with one attached hydrogen (secondary N) is 1. The highest BCUT2D eigenvalue weighted by Crippen LogP contribution is 2.20. The third kappa shape index (κ3) is 2.26. The van der Waals surface area contributed by atoms with Crippen molar-refractivity contribution in [1.82, 2.24) is 14.1 Å². The molecule has 5 heteroatoms. The lowest BCUT2D eigenvalue weighted by atomic mass is 10.1. The third-order valence-electron chi connectivity index (χ3n) is 4.13. The van der Waals surface area contributed by atoms with E-state index in [9.17, 15) is 4.79 Å². The molecular formula is C18H16N4O. The first kappa shape index (κ1) is 13.6. The Balaban J connectivity index is 1.64. The van der Waals surface area contributed by atoms with Crippen molar-refractivity contribution in [2.45, 2.75) is 0 Å². The molecule has 4 rings (SSSR count). The zero-order valence-corrected chi connectivity index (χ0v) is 12.9. The van der Waals surface area contributed by atoms with Crippen LogP contribution in [0.25, 0.3) is 21.9 Å². The van der Waals surface area contributed by atoms with Crippen LogP contribution in [0.3, 0.4) is 0 Å². The number of hydrogen-bond acceptors (Lipinski definition) is 2. The van der Waals surface area contributed by atoms with Crippen LogP contribution in [-0.2, 0) is 14.1 Å². The fourth-order valence-electron chi connectivity index (χ4n) is 2.84. The van der Waals surface area contributed by atoms with E-state index >= 15 is 0 Å². The lowest BCUT2D eigenvalue weighted by molar-refractivity contribution is 0.102. The maximum absolute atomic E-state index is 12.5. The van der Waals surface area contributed by atoms with E-state index in [0.717, 1.165) is 27.6 Å². The molecular weight excluding hydrogens is 288 g/mol. The van der Waals surface area contributed by atoms with E-state index in [2.05, 4.69) is 10.3 Å². The van der Waals surface area contributed by atoms with E-state index in [4.69, 9.17) is 0 Å². The Morgan fingerprint density at radius 3 is 2.70 bits per heavy atom. The number of hydrogen-bond donors (Lipinski definition) is 1. The van der Waals surface area contributed by atoms with Crippen LogP contribution in [-0.4, -0.2) is 20.0 Å². The Morgan fingerprint density at radius 2 is 1.83 bits per heavy atom. The Kier molecular flexibility index (Phi) is 2.94. The average Bonchev–Trinajstić information content (AvgIpc) is 3.11. The second-order valence-corrected chi connectivity index (χ2v) is 5.71. The number of amides is 1. The molecule has 2 aromatic heterocycles. The zero-order valence-electron chi connectivity index (χ0n) is 12.9. The number of rotatable bonds is 2. The predicted molar refractivity (Wildman–Crippen MR) is 91.6 cm³/mol. The van der Waals surface area contributed by atoms with E-state index in [1.807, 2.05) is 71.9 Å². The van der Waals surface area contributed by atoms with Crippen LogP contribution < -0.4 is 5.32 Å². The molecule has 0 aliphatic heterocycles. The highest BCUT2D eigenvalue weighted by atomic mass is 16.1. The summed E-state index contributed by atoms with van der Waals surface area (Å²) in [5.74, 6) is -0.119. The molecule has 0 bridgehead atoms. The van der Waals surface area contributed by atoms with Crippen LogP contribution in [0.15, 0.2) is 55.0 Å². The smallest absolute Gasteiger partial charge is 0.255 e. The molecule has 5 nitrogen and oxygen atoms in total. The standard InChI is InChI=1S/C18H16N4O/c1-21-8-7-12-9-13(3-5-16(12)21)18(23)20-14-4-6-17-15(10-14)19-11-22(17)2/h3-11H,1-2H3,(H,20,23). The summed E-state index contributed by atoms with van der Waals surface area (Å²) in [7, 11) is 3.94. The van der Waals surface area contributed by atoms with Crippen LogP contribution in [0.1, 0.15) is 10.4 Å². The van der Waals surface area contributed by atoms with E-state index < -0.39 is 0 Å². The number of fused-ring (bicyclic) bond motifs is 2. The number of nitrogens with zero attached hydrogens (tertiary/aromatic N) is 3. The molecule has 2 aromatic carbocycles. The molecule has 0 saturated carbocycles. The summed E-state index contributed by atoms with van der Waals surface area (Å²) in [4.78, 5) is 16.8. The normalized spacial score (nSPS) is 11.2. The molecule has 4 aromatic rings. The molecule has 0 aliphatic carbocycles. The highest BCUT2D eigenvalue weighted by Gasteiger charge is 2.09. The minimum atomic E-state index is -0.119. The first-order valence-electron chi connectivity index (χ1n) is 7.39. The van der Waals surface area contributed by atoms with Crippen molar-refractivity contribution >= 4 is 33.5 Å². The van der Waals surface area contributed by atoms with Gasteiger partial charge >= 0.3 is 0 Å². The molecule has 0 atom stereocenters. The summed E-state index contributed by atoms with van der Waals surface area (Å²) in [6.45, 7) is 0. The van der Waals surface area contributed by atoms with Crippen LogP contribution in [0, 0.1) is 0 Å². The van der Waals surface area contributed by atoms with Crippen molar-refractivity contribution in [3.05, 3.63) is 60.6 Å². The monoisotopic (exact) mass is 304 g/mol. The van der Waals surface area contributed by atoms with Gasteiger partial charge in [0.25, 0.3) is 5.91 Å². The van der Waals surface area contributed by atoms with Crippen molar-refractivity contribution in [3.8, 4) is 0 Å². The van der Waals surface area contributed by atoms with Gasteiger partial charge < -0.3 is 14.5 Å². The van der Waals surface area contributed by atoms with Crippen LogP contribution in [0.4, 0.5) is 5.69 Å². The van der Waals surface area contributed by atoms with E-state index in [0.29, 0.717) is 5.56 Å². The molecule has 0 aliphatic rings. The maximum Gasteiger partial charge on any atom is 0.255 e. The molecule has 0 radical (unpaired) electrons. The van der Waals surface area contributed by atoms with Gasteiger partial charge in [0.2, 0.25) is 0 Å². The summed E-state index contributed by atoms with van der Waals surface area (Å²) in [5.41, 5.74) is 4.40. The van der Waals surface area contributed by atoms with Crippen molar-refractivity contribution in [2.24, 2.45) is 14.1 Å². The summed E-state index contributed by atoms with van der Waals surface area (Å²) in [6.07, 6.45) is 3.75. The number of aryl methyl sites for hydroxylation is 2. The Hall–Kier alpha value is -3.08. The summed E-state index contributed by atoms with van der Waals surface area (Å²) in [5, 5.41) is 3.99. The van der Waals surface area contributed by atoms with Gasteiger partial charge in [-0.1, -0.05) is 0 Å². The van der Waals surface area contributed by atoms with E-state index in [1.54, 1.807) is 6.33 Å². The Morgan fingerprint density at radius 1 is 1.00 bits per heavy atom. The zero-order chi connectivity index (χ0) is 16.0. The van der Waals surface area contributed by atoms with Gasteiger partial charge in [-0.15, -0.1) is 0 Å². The summed E-state index contributed by atoms with van der Waals surface area (Å²) in [6, 6.07) is 13.5. The van der Waals surface area contributed by atoms with Crippen molar-refractivity contribution in [1.29, 1.82) is 0 Å². The number of carbonyl (C=O) groups is 1. The van der Waals surface area contributed by atoms with Gasteiger partial charge in [-0.25, -0.2) is 4.98 Å². The third-order valence-corrected chi connectivity index (χ3v) is 4.13. The minimum Gasteiger partial charge on any atom is -0.351 e. The van der Waals surface area contributed by atoms with E-state index in [1.165, 1.54) is 0 Å². The van der Waals surface area contributed by atoms with Crippen LogP contribution in [0.2, 0.25) is 0 Å². The fraction of sp³-hybridized carbons (Fsp3) is 0.111. The predicted octanol–water partition coefficient (Wildman–Crippen LogP) is 3.32. The van der Waals surface area contributed by atoms with Gasteiger partial charge in [-0.05, 0) is 42.5 Å². The van der Waals surface area contributed by atoms with Crippen molar-refractivity contribution in [2.75, 3.05) is 5.32 Å². The largest absolute Gasteiger partial charge is 0.351 e. The van der Waals surface area contributed by atoms with Gasteiger partial charge in [0.1, 0.15) is 0 Å². The number of carbonyl (C=O) groups excluding carboxylic acids is 1. The molecule has 2 heterocycles. The topological polar surface area (TPSA) is 51.9 Å². The molecule has 0 fully saturated rings. The number of aromatic nitrogens is 3. The Labute approximate surface area is 133 Å². The SMILES string of the molecule is Cn1ccc2cc(C(=O)Nc3ccc4c(c3)ncn4C)ccc21. The van der Waals surface area contributed by atoms with Gasteiger partial charge in [0, 0.05) is 42.4 Å². The first-order valence-corrected chi connectivity index (χ1v) is 7.39. The van der Waals surface area contributed by atoms with Crippen LogP contribution >= 0.6 is 0 Å². The molecule has 0 unspecified atom stereocenters. The molecule has 0 spiro atoms. The second kappa shape index (κ2) is 4.98. The second-order valence-electron chi connectivity index (χ2n) is 5.71. The number of imidazole rings is 1. The average molecular weight is 304 g/mol. The molecule has 114 valence electrons. The van der Waals surface area contributed by atoms with Gasteiger partial charge in [0.15, 0.2) is 0 Å². The van der Waals surface area contributed by atoms with Crippen LogP contribution in [0.5, 0.6) is 0 Å². The van der Waals surface area contributed by atoms with Gasteiger partial charge in [-0.2, -0.15) is 0 Å². The van der Waals surface area contributed by atoms with E-state index in [-0.39, 0.29) is 5.91 Å². The van der Waals surface area contributed by atoms with Gasteiger partial charge in [-0.3, -0.25) is 4.79 Å². The lowest BCUT2D eigenvalue weighted by Gasteiger charge is -2.06. The quantitative estimate of drug-likeness (QED) is 0.617.